The van der Waals surface area contributed by atoms with Crippen molar-refractivity contribution < 1.29 is 23.0 Å². The van der Waals surface area contributed by atoms with Gasteiger partial charge in [-0.25, -0.2) is 0 Å². The first-order valence-electron chi connectivity index (χ1n) is 3.38. The minimum Gasteiger partial charge on any atom is -0.502 e. The predicted molar refractivity (Wildman–Crippen MR) is 49.6 cm³/mol. The highest BCUT2D eigenvalue weighted by atomic mass is 35.5. The average molecular weight is 254 g/mol. The van der Waals surface area contributed by atoms with Gasteiger partial charge in [-0.1, -0.05) is 11.6 Å². The molecule has 0 aliphatic rings. The van der Waals surface area contributed by atoms with Crippen LogP contribution >= 0.6 is 11.6 Å². The van der Waals surface area contributed by atoms with E-state index in [2.05, 4.69) is 0 Å². The zero-order chi connectivity index (χ0) is 11.8. The van der Waals surface area contributed by atoms with Crippen LogP contribution in [-0.4, -0.2) is 23.0 Å². The second-order valence-electron chi connectivity index (χ2n) is 2.48. The summed E-state index contributed by atoms with van der Waals surface area (Å²) in [6.07, 6.45) is 0. The molecule has 1 aromatic carbocycles. The molecular weight excluding hydrogens is 250 g/mol. The van der Waals surface area contributed by atoms with Crippen molar-refractivity contribution in [2.45, 2.75) is 4.90 Å². The maximum atomic E-state index is 10.7. The van der Waals surface area contributed by atoms with Crippen LogP contribution in [0.2, 0.25) is 5.02 Å². The molecule has 0 aliphatic carbocycles. The smallest absolute Gasteiger partial charge is 0.330 e. The number of rotatable bonds is 2. The summed E-state index contributed by atoms with van der Waals surface area (Å²) in [6.45, 7) is 0. The van der Waals surface area contributed by atoms with Crippen LogP contribution in [0.5, 0.6) is 5.75 Å². The van der Waals surface area contributed by atoms with Crippen LogP contribution in [0.15, 0.2) is 17.0 Å². The largest absolute Gasteiger partial charge is 0.502 e. The van der Waals surface area contributed by atoms with Crippen molar-refractivity contribution >= 4 is 27.4 Å². The van der Waals surface area contributed by atoms with Crippen molar-refractivity contribution in [1.29, 1.82) is 0 Å². The number of phenolic OH excluding ortho intramolecular Hbond substituents is 1. The first-order valence-corrected chi connectivity index (χ1v) is 5.20. The first-order chi connectivity index (χ1) is 6.75. The number of hydrogen-bond acceptors (Lipinski definition) is 5. The van der Waals surface area contributed by atoms with E-state index in [0.29, 0.717) is 0 Å². The molecule has 0 saturated heterocycles. The topological polar surface area (TPSA) is 118 Å². The fraction of sp³-hybridized carbons (Fsp3) is 0. The van der Waals surface area contributed by atoms with Crippen molar-refractivity contribution in [3.8, 4) is 5.75 Å². The molecule has 0 amide bonds. The second kappa shape index (κ2) is 3.65. The molecule has 0 spiro atoms. The Morgan fingerprint density at radius 1 is 1.40 bits per heavy atom. The molecule has 2 N–H and O–H groups in total. The zero-order valence-corrected chi connectivity index (χ0v) is 8.49. The summed E-state index contributed by atoms with van der Waals surface area (Å²) in [4.78, 5) is 8.53. The Bertz CT molecular complexity index is 525. The summed E-state index contributed by atoms with van der Waals surface area (Å²) in [5, 5.41) is 18.6. The Morgan fingerprint density at radius 2 is 1.93 bits per heavy atom. The van der Waals surface area contributed by atoms with Gasteiger partial charge in [0.25, 0.3) is 10.1 Å². The van der Waals surface area contributed by atoms with Gasteiger partial charge >= 0.3 is 5.69 Å². The molecule has 82 valence electrons. The molecule has 0 saturated carbocycles. The third-order valence-corrected chi connectivity index (χ3v) is 2.91. The van der Waals surface area contributed by atoms with Crippen molar-refractivity contribution in [2.24, 2.45) is 0 Å². The van der Waals surface area contributed by atoms with Crippen LogP contribution < -0.4 is 0 Å². The minimum atomic E-state index is -4.65. The molecule has 0 aromatic heterocycles. The number of nitro benzene ring substituents is 1. The Hall–Kier alpha value is -1.38. The quantitative estimate of drug-likeness (QED) is 0.464. The molecule has 0 fully saturated rings. The highest BCUT2D eigenvalue weighted by Gasteiger charge is 2.26. The maximum absolute atomic E-state index is 10.7. The van der Waals surface area contributed by atoms with Crippen LogP contribution in [0.4, 0.5) is 5.69 Å². The monoisotopic (exact) mass is 253 g/mol. The SMILES string of the molecule is O=[N+]([O-])c1c(O)ccc(S(=O)(=O)O)c1Cl. The Morgan fingerprint density at radius 3 is 2.33 bits per heavy atom. The Labute approximate surface area is 88.8 Å². The molecule has 1 aromatic rings. The van der Waals surface area contributed by atoms with E-state index in [1.165, 1.54) is 0 Å². The van der Waals surface area contributed by atoms with Crippen molar-refractivity contribution in [1.82, 2.24) is 0 Å². The number of aromatic hydroxyl groups is 1. The molecule has 1 rings (SSSR count). The van der Waals surface area contributed by atoms with Crippen LogP contribution in [-0.2, 0) is 10.1 Å². The van der Waals surface area contributed by atoms with Crippen LogP contribution in [0.3, 0.4) is 0 Å². The number of halogens is 1. The van der Waals surface area contributed by atoms with Gasteiger partial charge < -0.3 is 5.11 Å². The second-order valence-corrected chi connectivity index (χ2v) is 4.25. The molecule has 0 atom stereocenters. The third-order valence-electron chi connectivity index (χ3n) is 1.52. The fourth-order valence-corrected chi connectivity index (χ4v) is 1.99. The van der Waals surface area contributed by atoms with Crippen molar-refractivity contribution in [3.05, 3.63) is 27.3 Å². The number of nitrogens with zero attached hydrogens (tertiary/aromatic N) is 1. The van der Waals surface area contributed by atoms with E-state index in [0.717, 1.165) is 12.1 Å². The van der Waals surface area contributed by atoms with E-state index >= 15 is 0 Å². The summed E-state index contributed by atoms with van der Waals surface area (Å²) in [7, 11) is -4.65. The highest BCUT2D eigenvalue weighted by molar-refractivity contribution is 7.86. The lowest BCUT2D eigenvalue weighted by Crippen LogP contribution is -2.01. The highest BCUT2D eigenvalue weighted by Crippen LogP contribution is 2.37. The summed E-state index contributed by atoms with van der Waals surface area (Å²) < 4.78 is 30.1. The van der Waals surface area contributed by atoms with Crippen molar-refractivity contribution in [3.63, 3.8) is 0 Å². The van der Waals surface area contributed by atoms with Crippen molar-refractivity contribution in [2.75, 3.05) is 0 Å². The lowest BCUT2D eigenvalue weighted by molar-refractivity contribution is -0.385. The van der Waals surface area contributed by atoms with Gasteiger partial charge in [-0.15, -0.1) is 0 Å². The maximum Gasteiger partial charge on any atom is 0.330 e. The van der Waals surface area contributed by atoms with E-state index in [-0.39, 0.29) is 0 Å². The Kier molecular flexibility index (Phi) is 2.84. The van der Waals surface area contributed by atoms with E-state index < -0.39 is 36.4 Å². The molecule has 0 aliphatic heterocycles. The Balaban J connectivity index is 3.64. The fourth-order valence-electron chi connectivity index (χ4n) is 0.909. The van der Waals surface area contributed by atoms with Gasteiger partial charge in [0, 0.05) is 0 Å². The van der Waals surface area contributed by atoms with Crippen LogP contribution in [0, 0.1) is 10.1 Å². The zero-order valence-electron chi connectivity index (χ0n) is 6.92. The van der Waals surface area contributed by atoms with Gasteiger partial charge in [-0.3, -0.25) is 14.7 Å². The summed E-state index contributed by atoms with van der Waals surface area (Å²) >= 11 is 5.35. The van der Waals surface area contributed by atoms with Gasteiger partial charge in [0.2, 0.25) is 0 Å². The molecule has 0 unspecified atom stereocenters. The molecule has 7 nitrogen and oxygen atoms in total. The molecule has 9 heteroatoms. The van der Waals surface area contributed by atoms with E-state index in [9.17, 15) is 18.5 Å². The lowest BCUT2D eigenvalue weighted by atomic mass is 10.3. The number of phenols is 1. The predicted octanol–water partition coefficient (Wildman–Crippen LogP) is 1.20. The first kappa shape index (κ1) is 11.7. The molecule has 0 radical (unpaired) electrons. The number of nitro groups is 1. The lowest BCUT2D eigenvalue weighted by Gasteiger charge is -2.02. The number of hydrogen-bond donors (Lipinski definition) is 2. The summed E-state index contributed by atoms with van der Waals surface area (Å²) in [5.74, 6) is -0.780. The summed E-state index contributed by atoms with van der Waals surface area (Å²) in [5.41, 5.74) is -0.966. The average Bonchev–Trinajstić information content (AvgIpc) is 2.00. The minimum absolute atomic E-state index is 0.757. The molecule has 0 bridgehead atoms. The van der Waals surface area contributed by atoms with Crippen LogP contribution in [0.25, 0.3) is 0 Å². The number of benzene rings is 1. The molecule has 0 heterocycles. The van der Waals surface area contributed by atoms with Gasteiger partial charge in [0.1, 0.15) is 9.92 Å². The molecular formula is C6H4ClNO6S. The molecule has 15 heavy (non-hydrogen) atoms. The van der Waals surface area contributed by atoms with E-state index in [1.54, 1.807) is 0 Å². The van der Waals surface area contributed by atoms with Gasteiger partial charge in [-0.05, 0) is 12.1 Å². The standard InChI is InChI=1S/C6H4ClNO6S/c7-5-4(15(12,13)14)2-1-3(9)6(5)8(10)11/h1-2,9H,(H,12,13,14). The normalized spacial score (nSPS) is 11.3. The van der Waals surface area contributed by atoms with E-state index in [4.69, 9.17) is 21.3 Å². The third kappa shape index (κ3) is 2.17. The van der Waals surface area contributed by atoms with Gasteiger partial charge in [0.15, 0.2) is 5.75 Å². The van der Waals surface area contributed by atoms with Gasteiger partial charge in [-0.2, -0.15) is 8.42 Å². The summed E-state index contributed by atoms with van der Waals surface area (Å²) in [6, 6.07) is 1.52. The van der Waals surface area contributed by atoms with E-state index in [1.807, 2.05) is 0 Å². The van der Waals surface area contributed by atoms with Crippen LogP contribution in [0.1, 0.15) is 0 Å². The van der Waals surface area contributed by atoms with Gasteiger partial charge in [0.05, 0.1) is 4.92 Å².